The van der Waals surface area contributed by atoms with Crippen LogP contribution < -0.4 is 0 Å². The molecule has 0 aliphatic rings. The summed E-state index contributed by atoms with van der Waals surface area (Å²) in [5, 5.41) is 0. The fraction of sp³-hybridized carbons (Fsp3) is 0.263. The second-order valence-electron chi connectivity index (χ2n) is 4.62. The van der Waals surface area contributed by atoms with E-state index < -0.39 is 0 Å². The summed E-state index contributed by atoms with van der Waals surface area (Å²) in [4.78, 5) is 0. The Morgan fingerprint density at radius 2 is 1.53 bits per heavy atom. The summed E-state index contributed by atoms with van der Waals surface area (Å²) in [7, 11) is 0. The highest BCUT2D eigenvalue weighted by Gasteiger charge is 2.04. The predicted molar refractivity (Wildman–Crippen MR) is 87.4 cm³/mol. The van der Waals surface area contributed by atoms with Crippen LogP contribution in [0, 0.1) is 13.8 Å². The standard InChI is InChI=1S/C17H18.C2H6/c1-12(2)16-10-9-15(11-14(16)4)17-8-6-5-7-13(17)3;1-2/h5-11H,1H2,2-4H3;1-2H3. The molecule has 2 aromatic carbocycles. The van der Waals surface area contributed by atoms with Gasteiger partial charge in [0.25, 0.3) is 0 Å². The smallest absolute Gasteiger partial charge is 0.0155 e. The van der Waals surface area contributed by atoms with Crippen molar-refractivity contribution in [1.82, 2.24) is 0 Å². The zero-order valence-electron chi connectivity index (χ0n) is 12.7. The van der Waals surface area contributed by atoms with Crippen LogP contribution in [0.25, 0.3) is 16.7 Å². The highest BCUT2D eigenvalue weighted by molar-refractivity contribution is 5.72. The molecule has 0 spiro atoms. The highest BCUT2D eigenvalue weighted by Crippen LogP contribution is 2.27. The zero-order valence-corrected chi connectivity index (χ0v) is 12.7. The van der Waals surface area contributed by atoms with Crippen LogP contribution in [0.4, 0.5) is 0 Å². The average Bonchev–Trinajstić information content (AvgIpc) is 2.41. The molecule has 0 heteroatoms. The van der Waals surface area contributed by atoms with Gasteiger partial charge in [-0.2, -0.15) is 0 Å². The monoisotopic (exact) mass is 252 g/mol. The Kier molecular flexibility index (Phi) is 5.57. The fourth-order valence-electron chi connectivity index (χ4n) is 2.21. The van der Waals surface area contributed by atoms with Gasteiger partial charge in [-0.15, -0.1) is 0 Å². The van der Waals surface area contributed by atoms with Crippen LogP contribution in [0.5, 0.6) is 0 Å². The van der Waals surface area contributed by atoms with Crippen LogP contribution in [0.3, 0.4) is 0 Å². The molecular formula is C19H24. The first-order chi connectivity index (χ1) is 9.09. The Balaban J connectivity index is 0.000000861. The zero-order chi connectivity index (χ0) is 14.4. The molecular weight excluding hydrogens is 228 g/mol. The minimum Gasteiger partial charge on any atom is -0.0955 e. The lowest BCUT2D eigenvalue weighted by Crippen LogP contribution is -1.88. The summed E-state index contributed by atoms with van der Waals surface area (Å²) in [5.41, 5.74) is 7.57. The van der Waals surface area contributed by atoms with Gasteiger partial charge in [-0.3, -0.25) is 0 Å². The first kappa shape index (κ1) is 15.2. The maximum absolute atomic E-state index is 4.01. The Morgan fingerprint density at radius 1 is 0.895 bits per heavy atom. The molecule has 2 aromatic rings. The second-order valence-corrected chi connectivity index (χ2v) is 4.62. The number of hydrogen-bond donors (Lipinski definition) is 0. The van der Waals surface area contributed by atoms with E-state index in [1.54, 1.807) is 0 Å². The molecule has 0 N–H and O–H groups in total. The fourth-order valence-corrected chi connectivity index (χ4v) is 2.21. The van der Waals surface area contributed by atoms with Crippen LogP contribution in [0.15, 0.2) is 49.0 Å². The first-order valence-electron chi connectivity index (χ1n) is 6.92. The molecule has 0 aromatic heterocycles. The van der Waals surface area contributed by atoms with Crippen molar-refractivity contribution >= 4 is 5.57 Å². The summed E-state index contributed by atoms with van der Waals surface area (Å²) in [6, 6.07) is 15.1. The average molecular weight is 252 g/mol. The van der Waals surface area contributed by atoms with Gasteiger partial charge in [0.05, 0.1) is 0 Å². The van der Waals surface area contributed by atoms with E-state index >= 15 is 0 Å². The second kappa shape index (κ2) is 6.94. The van der Waals surface area contributed by atoms with Crippen LogP contribution in [0.1, 0.15) is 37.5 Å². The van der Waals surface area contributed by atoms with E-state index in [1.807, 2.05) is 13.8 Å². The summed E-state index contributed by atoms with van der Waals surface area (Å²) >= 11 is 0. The normalized spacial score (nSPS) is 9.53. The molecule has 0 saturated carbocycles. The van der Waals surface area contributed by atoms with E-state index in [0.717, 1.165) is 5.57 Å². The van der Waals surface area contributed by atoms with Gasteiger partial charge in [0.1, 0.15) is 0 Å². The third kappa shape index (κ3) is 3.57. The largest absolute Gasteiger partial charge is 0.0955 e. The number of benzene rings is 2. The van der Waals surface area contributed by atoms with Gasteiger partial charge in [0.2, 0.25) is 0 Å². The van der Waals surface area contributed by atoms with Gasteiger partial charge in [-0.05, 0) is 48.6 Å². The number of hydrogen-bond acceptors (Lipinski definition) is 0. The molecule has 0 saturated heterocycles. The summed E-state index contributed by atoms with van der Waals surface area (Å²) in [6.07, 6.45) is 0. The van der Waals surface area contributed by atoms with E-state index in [4.69, 9.17) is 0 Å². The first-order valence-corrected chi connectivity index (χ1v) is 6.92. The summed E-state index contributed by atoms with van der Waals surface area (Å²) in [5.74, 6) is 0. The minimum atomic E-state index is 1.12. The van der Waals surface area contributed by atoms with Gasteiger partial charge in [0.15, 0.2) is 0 Å². The van der Waals surface area contributed by atoms with Gasteiger partial charge in [-0.25, -0.2) is 0 Å². The molecule has 0 heterocycles. The number of allylic oxidation sites excluding steroid dienone is 1. The molecule has 19 heavy (non-hydrogen) atoms. The summed E-state index contributed by atoms with van der Waals surface area (Å²) in [6.45, 7) is 14.4. The quantitative estimate of drug-likeness (QED) is 0.612. The Morgan fingerprint density at radius 3 is 2.05 bits per heavy atom. The van der Waals surface area contributed by atoms with Crippen molar-refractivity contribution in [2.45, 2.75) is 34.6 Å². The van der Waals surface area contributed by atoms with Crippen molar-refractivity contribution in [2.24, 2.45) is 0 Å². The van der Waals surface area contributed by atoms with Gasteiger partial charge in [0, 0.05) is 0 Å². The molecule has 0 aliphatic carbocycles. The third-order valence-corrected chi connectivity index (χ3v) is 3.14. The summed E-state index contributed by atoms with van der Waals surface area (Å²) < 4.78 is 0. The van der Waals surface area contributed by atoms with Crippen LogP contribution >= 0.6 is 0 Å². The molecule has 100 valence electrons. The number of aryl methyl sites for hydroxylation is 2. The minimum absolute atomic E-state index is 1.12. The molecule has 2 rings (SSSR count). The maximum atomic E-state index is 4.01. The van der Waals surface area contributed by atoms with E-state index in [0.29, 0.717) is 0 Å². The topological polar surface area (TPSA) is 0 Å². The SMILES string of the molecule is C=C(C)c1ccc(-c2ccccc2C)cc1C.CC. The van der Waals surface area contributed by atoms with Crippen molar-refractivity contribution in [1.29, 1.82) is 0 Å². The molecule has 0 unspecified atom stereocenters. The maximum Gasteiger partial charge on any atom is -0.0155 e. The Labute approximate surface area is 117 Å². The van der Waals surface area contributed by atoms with E-state index in [-0.39, 0.29) is 0 Å². The van der Waals surface area contributed by atoms with E-state index in [2.05, 4.69) is 69.8 Å². The lowest BCUT2D eigenvalue weighted by Gasteiger charge is -2.10. The molecule has 0 bridgehead atoms. The van der Waals surface area contributed by atoms with Crippen molar-refractivity contribution in [2.75, 3.05) is 0 Å². The third-order valence-electron chi connectivity index (χ3n) is 3.14. The predicted octanol–water partition coefficient (Wildman–Crippen LogP) is 6.03. The Hall–Kier alpha value is -1.82. The molecule has 0 aliphatic heterocycles. The van der Waals surface area contributed by atoms with Crippen molar-refractivity contribution in [3.8, 4) is 11.1 Å². The van der Waals surface area contributed by atoms with Crippen LogP contribution in [0.2, 0.25) is 0 Å². The lowest BCUT2D eigenvalue weighted by atomic mass is 9.95. The van der Waals surface area contributed by atoms with Crippen molar-refractivity contribution < 1.29 is 0 Å². The molecule has 0 fully saturated rings. The molecule has 0 amide bonds. The van der Waals surface area contributed by atoms with Crippen molar-refractivity contribution in [3.05, 3.63) is 65.7 Å². The Bertz CT molecular complexity index is 562. The van der Waals surface area contributed by atoms with Crippen LogP contribution in [-0.2, 0) is 0 Å². The molecule has 0 radical (unpaired) electrons. The molecule has 0 nitrogen and oxygen atoms in total. The molecule has 0 atom stereocenters. The number of rotatable bonds is 2. The van der Waals surface area contributed by atoms with Gasteiger partial charge in [-0.1, -0.05) is 68.5 Å². The van der Waals surface area contributed by atoms with E-state index in [1.165, 1.54) is 27.8 Å². The lowest BCUT2D eigenvalue weighted by molar-refractivity contribution is 1.39. The van der Waals surface area contributed by atoms with E-state index in [9.17, 15) is 0 Å². The highest BCUT2D eigenvalue weighted by atomic mass is 14.1. The van der Waals surface area contributed by atoms with Crippen molar-refractivity contribution in [3.63, 3.8) is 0 Å². The van der Waals surface area contributed by atoms with Gasteiger partial charge >= 0.3 is 0 Å². The van der Waals surface area contributed by atoms with Gasteiger partial charge < -0.3 is 0 Å². The van der Waals surface area contributed by atoms with Crippen LogP contribution in [-0.4, -0.2) is 0 Å².